The second kappa shape index (κ2) is 7.21. The van der Waals surface area contributed by atoms with E-state index in [0.717, 1.165) is 38.8 Å². The van der Waals surface area contributed by atoms with Crippen LogP contribution in [0.5, 0.6) is 0 Å². The van der Waals surface area contributed by atoms with Crippen LogP contribution in [-0.4, -0.2) is 73.9 Å². The van der Waals surface area contributed by atoms with Gasteiger partial charge in [-0.2, -0.15) is 0 Å². The van der Waals surface area contributed by atoms with Gasteiger partial charge in [-0.1, -0.05) is 13.8 Å². The van der Waals surface area contributed by atoms with E-state index in [1.54, 1.807) is 0 Å². The highest BCUT2D eigenvalue weighted by Crippen LogP contribution is 2.20. The number of morpholine rings is 1. The molecule has 2 fully saturated rings. The number of rotatable bonds is 5. The zero-order valence-corrected chi connectivity index (χ0v) is 13.8. The van der Waals surface area contributed by atoms with E-state index in [-0.39, 0.29) is 5.54 Å². The van der Waals surface area contributed by atoms with Crippen molar-refractivity contribution in [3.63, 3.8) is 0 Å². The Bertz CT molecular complexity index is 287. The van der Waals surface area contributed by atoms with E-state index in [9.17, 15) is 0 Å². The lowest BCUT2D eigenvalue weighted by Gasteiger charge is -2.46. The predicted molar refractivity (Wildman–Crippen MR) is 84.2 cm³/mol. The molecule has 1 N–H and O–H groups in total. The van der Waals surface area contributed by atoms with Crippen LogP contribution < -0.4 is 5.32 Å². The maximum atomic E-state index is 5.41. The van der Waals surface area contributed by atoms with Gasteiger partial charge in [0.15, 0.2) is 0 Å². The molecule has 0 aromatic rings. The molecule has 1 unspecified atom stereocenters. The molecule has 2 rings (SSSR count). The summed E-state index contributed by atoms with van der Waals surface area (Å²) in [4.78, 5) is 5.25. The Morgan fingerprint density at radius 2 is 1.90 bits per heavy atom. The minimum absolute atomic E-state index is 0.254. The smallest absolute Gasteiger partial charge is 0.0594 e. The molecular formula is C16H33N3O. The minimum atomic E-state index is 0.254. The molecule has 0 bridgehead atoms. The van der Waals surface area contributed by atoms with Gasteiger partial charge in [0, 0.05) is 37.8 Å². The van der Waals surface area contributed by atoms with Crippen molar-refractivity contribution in [2.75, 3.05) is 52.5 Å². The van der Waals surface area contributed by atoms with Crippen molar-refractivity contribution in [2.45, 2.75) is 45.7 Å². The number of hydrogen-bond acceptors (Lipinski definition) is 4. The summed E-state index contributed by atoms with van der Waals surface area (Å²) < 4.78 is 5.41. The third-order valence-corrected chi connectivity index (χ3v) is 4.65. The van der Waals surface area contributed by atoms with Gasteiger partial charge in [0.05, 0.1) is 13.2 Å². The van der Waals surface area contributed by atoms with Gasteiger partial charge in [-0.25, -0.2) is 0 Å². The SMILES string of the molecule is CC(C)C1CNC(C)(C)CN1CCCN1CCOCC1. The first-order valence-corrected chi connectivity index (χ1v) is 8.27. The van der Waals surface area contributed by atoms with Crippen LogP contribution in [0.25, 0.3) is 0 Å². The van der Waals surface area contributed by atoms with Crippen molar-refractivity contribution in [3.8, 4) is 0 Å². The Hall–Kier alpha value is -0.160. The van der Waals surface area contributed by atoms with Gasteiger partial charge in [-0.3, -0.25) is 9.80 Å². The van der Waals surface area contributed by atoms with Gasteiger partial charge in [-0.05, 0) is 39.3 Å². The van der Waals surface area contributed by atoms with Gasteiger partial charge < -0.3 is 10.1 Å². The number of hydrogen-bond donors (Lipinski definition) is 1. The average molecular weight is 283 g/mol. The van der Waals surface area contributed by atoms with E-state index in [2.05, 4.69) is 42.8 Å². The van der Waals surface area contributed by atoms with Crippen molar-refractivity contribution in [2.24, 2.45) is 5.92 Å². The first kappa shape index (κ1) is 16.2. The quantitative estimate of drug-likeness (QED) is 0.826. The van der Waals surface area contributed by atoms with Gasteiger partial charge in [0.25, 0.3) is 0 Å². The predicted octanol–water partition coefficient (Wildman–Crippen LogP) is 1.42. The zero-order valence-electron chi connectivity index (χ0n) is 13.8. The van der Waals surface area contributed by atoms with Gasteiger partial charge in [0.2, 0.25) is 0 Å². The van der Waals surface area contributed by atoms with Crippen molar-refractivity contribution in [1.82, 2.24) is 15.1 Å². The maximum Gasteiger partial charge on any atom is 0.0594 e. The second-order valence-electron chi connectivity index (χ2n) is 7.35. The average Bonchev–Trinajstić information content (AvgIpc) is 2.38. The lowest BCUT2D eigenvalue weighted by atomic mass is 9.93. The highest BCUT2D eigenvalue weighted by molar-refractivity contribution is 4.93. The van der Waals surface area contributed by atoms with Gasteiger partial charge in [-0.15, -0.1) is 0 Å². The molecule has 2 aliphatic rings. The molecule has 20 heavy (non-hydrogen) atoms. The summed E-state index contributed by atoms with van der Waals surface area (Å²) in [6, 6.07) is 0.688. The summed E-state index contributed by atoms with van der Waals surface area (Å²) in [5.74, 6) is 0.724. The van der Waals surface area contributed by atoms with E-state index in [1.165, 1.54) is 26.1 Å². The van der Waals surface area contributed by atoms with Crippen LogP contribution in [-0.2, 0) is 4.74 Å². The van der Waals surface area contributed by atoms with Crippen LogP contribution in [0.3, 0.4) is 0 Å². The minimum Gasteiger partial charge on any atom is -0.379 e. The Labute approximate surface area is 124 Å². The summed E-state index contributed by atoms with van der Waals surface area (Å²) in [6.07, 6.45) is 1.28. The molecule has 0 radical (unpaired) electrons. The first-order valence-electron chi connectivity index (χ1n) is 8.27. The van der Waals surface area contributed by atoms with Crippen molar-refractivity contribution in [1.29, 1.82) is 0 Å². The Kier molecular flexibility index (Phi) is 5.84. The van der Waals surface area contributed by atoms with Crippen LogP contribution >= 0.6 is 0 Å². The normalized spacial score (nSPS) is 28.9. The zero-order chi connectivity index (χ0) is 14.6. The molecule has 1 atom stereocenters. The highest BCUT2D eigenvalue weighted by Gasteiger charge is 2.33. The number of nitrogens with zero attached hydrogens (tertiary/aromatic N) is 2. The largest absolute Gasteiger partial charge is 0.379 e. The third kappa shape index (κ3) is 4.69. The van der Waals surface area contributed by atoms with Gasteiger partial charge in [0.1, 0.15) is 0 Å². The number of piperazine rings is 1. The van der Waals surface area contributed by atoms with E-state index in [1.807, 2.05) is 0 Å². The summed E-state index contributed by atoms with van der Waals surface area (Å²) in [5, 5.41) is 3.69. The lowest BCUT2D eigenvalue weighted by Crippen LogP contribution is -2.63. The molecule has 0 saturated carbocycles. The molecule has 4 nitrogen and oxygen atoms in total. The topological polar surface area (TPSA) is 27.7 Å². The maximum absolute atomic E-state index is 5.41. The number of nitrogens with one attached hydrogen (secondary N) is 1. The fraction of sp³-hybridized carbons (Fsp3) is 1.00. The van der Waals surface area contributed by atoms with Gasteiger partial charge >= 0.3 is 0 Å². The molecule has 0 amide bonds. The summed E-state index contributed by atoms with van der Waals surface area (Å²) in [7, 11) is 0. The fourth-order valence-electron chi connectivity index (χ4n) is 3.42. The Morgan fingerprint density at radius 3 is 2.55 bits per heavy atom. The molecule has 0 aromatic heterocycles. The van der Waals surface area contributed by atoms with Crippen LogP contribution in [0.4, 0.5) is 0 Å². The molecule has 118 valence electrons. The summed E-state index contributed by atoms with van der Waals surface area (Å²) >= 11 is 0. The van der Waals surface area contributed by atoms with E-state index in [0.29, 0.717) is 6.04 Å². The van der Waals surface area contributed by atoms with Crippen LogP contribution in [0.2, 0.25) is 0 Å². The molecule has 2 aliphatic heterocycles. The van der Waals surface area contributed by atoms with Crippen molar-refractivity contribution in [3.05, 3.63) is 0 Å². The Morgan fingerprint density at radius 1 is 1.20 bits per heavy atom. The fourth-order valence-corrected chi connectivity index (χ4v) is 3.42. The Balaban J connectivity index is 1.78. The molecule has 0 spiro atoms. The molecule has 4 heteroatoms. The van der Waals surface area contributed by atoms with E-state index < -0.39 is 0 Å². The molecule has 2 saturated heterocycles. The van der Waals surface area contributed by atoms with E-state index in [4.69, 9.17) is 4.74 Å². The number of ether oxygens (including phenoxy) is 1. The molecular weight excluding hydrogens is 250 g/mol. The van der Waals surface area contributed by atoms with Crippen molar-refractivity contribution < 1.29 is 4.74 Å². The summed E-state index contributed by atoms with van der Waals surface area (Å²) in [6.45, 7) is 18.1. The third-order valence-electron chi connectivity index (χ3n) is 4.65. The van der Waals surface area contributed by atoms with Crippen LogP contribution in [0.15, 0.2) is 0 Å². The summed E-state index contributed by atoms with van der Waals surface area (Å²) in [5.41, 5.74) is 0.254. The standard InChI is InChI=1S/C16H33N3O/c1-14(2)15-12-17-16(3,4)13-19(15)7-5-6-18-8-10-20-11-9-18/h14-15,17H,5-13H2,1-4H3. The van der Waals surface area contributed by atoms with E-state index >= 15 is 0 Å². The molecule has 0 aromatic carbocycles. The van der Waals surface area contributed by atoms with Crippen molar-refractivity contribution >= 4 is 0 Å². The first-order chi connectivity index (χ1) is 9.48. The molecule has 2 heterocycles. The monoisotopic (exact) mass is 283 g/mol. The lowest BCUT2D eigenvalue weighted by molar-refractivity contribution is 0.0303. The highest BCUT2D eigenvalue weighted by atomic mass is 16.5. The van der Waals surface area contributed by atoms with Crippen LogP contribution in [0.1, 0.15) is 34.1 Å². The molecule has 0 aliphatic carbocycles. The second-order valence-corrected chi connectivity index (χ2v) is 7.35. The van der Waals surface area contributed by atoms with Crippen LogP contribution in [0, 0.1) is 5.92 Å².